The SMILES string of the molecule is COC(=O)Cc1ccccc1CO[Si](C)(C)CCCCF. The van der Waals surface area contributed by atoms with Gasteiger partial charge in [-0.15, -0.1) is 0 Å². The van der Waals surface area contributed by atoms with Gasteiger partial charge in [0.25, 0.3) is 0 Å². The Hall–Kier alpha value is -1.20. The van der Waals surface area contributed by atoms with Crippen molar-refractivity contribution >= 4 is 14.3 Å². The standard InChI is InChI=1S/C16H25FO3Si/c1-19-16(18)12-14-8-4-5-9-15(14)13-20-21(2,3)11-7-6-10-17/h4-5,8-9H,6-7,10-13H2,1-3H3. The van der Waals surface area contributed by atoms with E-state index in [2.05, 4.69) is 13.1 Å². The topological polar surface area (TPSA) is 35.5 Å². The highest BCUT2D eigenvalue weighted by atomic mass is 28.4. The molecule has 0 aromatic heterocycles. The summed E-state index contributed by atoms with van der Waals surface area (Å²) >= 11 is 0. The summed E-state index contributed by atoms with van der Waals surface area (Å²) in [6.07, 6.45) is 1.75. The highest BCUT2D eigenvalue weighted by molar-refractivity contribution is 6.71. The predicted octanol–water partition coefficient (Wildman–Crippen LogP) is 3.87. The average molecular weight is 312 g/mol. The maximum atomic E-state index is 12.2. The van der Waals surface area contributed by atoms with Crippen LogP contribution in [0.4, 0.5) is 4.39 Å². The molecule has 0 radical (unpaired) electrons. The number of carbonyl (C=O) groups excluding carboxylic acids is 1. The molecule has 0 unspecified atom stereocenters. The van der Waals surface area contributed by atoms with Gasteiger partial charge in [0.05, 0.1) is 26.8 Å². The summed E-state index contributed by atoms with van der Waals surface area (Å²) in [5, 5.41) is 0. The van der Waals surface area contributed by atoms with E-state index < -0.39 is 8.32 Å². The Balaban J connectivity index is 2.60. The van der Waals surface area contributed by atoms with Crippen molar-refractivity contribution in [2.24, 2.45) is 0 Å². The summed E-state index contributed by atoms with van der Waals surface area (Å²) in [6.45, 7) is 4.54. The molecule has 0 N–H and O–H groups in total. The highest BCUT2D eigenvalue weighted by Gasteiger charge is 2.22. The van der Waals surface area contributed by atoms with Crippen molar-refractivity contribution in [3.05, 3.63) is 35.4 Å². The molecular weight excluding hydrogens is 287 g/mol. The summed E-state index contributed by atoms with van der Waals surface area (Å²) < 4.78 is 23.0. The maximum absolute atomic E-state index is 12.2. The van der Waals surface area contributed by atoms with Crippen molar-refractivity contribution in [2.75, 3.05) is 13.8 Å². The van der Waals surface area contributed by atoms with Gasteiger partial charge in [-0.3, -0.25) is 9.18 Å². The molecule has 0 aliphatic carbocycles. The first-order chi connectivity index (χ1) is 9.98. The van der Waals surface area contributed by atoms with Crippen LogP contribution in [-0.2, 0) is 27.0 Å². The lowest BCUT2D eigenvalue weighted by atomic mass is 10.1. The third kappa shape index (κ3) is 6.86. The van der Waals surface area contributed by atoms with Crippen LogP contribution in [0.5, 0.6) is 0 Å². The third-order valence-electron chi connectivity index (χ3n) is 3.46. The summed E-state index contributed by atoms with van der Waals surface area (Å²) in [7, 11) is -0.386. The molecule has 0 aliphatic heterocycles. The van der Waals surface area contributed by atoms with Crippen molar-refractivity contribution in [3.8, 4) is 0 Å². The minimum Gasteiger partial charge on any atom is -0.469 e. The van der Waals surface area contributed by atoms with Crippen molar-refractivity contribution in [1.29, 1.82) is 0 Å². The molecule has 5 heteroatoms. The second kappa shape index (κ2) is 8.95. The van der Waals surface area contributed by atoms with Crippen LogP contribution in [0.2, 0.25) is 19.1 Å². The lowest BCUT2D eigenvalue weighted by Gasteiger charge is -2.23. The van der Waals surface area contributed by atoms with Gasteiger partial charge in [-0.2, -0.15) is 0 Å². The van der Waals surface area contributed by atoms with Crippen molar-refractivity contribution in [2.45, 2.75) is 45.0 Å². The van der Waals surface area contributed by atoms with E-state index >= 15 is 0 Å². The van der Waals surface area contributed by atoms with Gasteiger partial charge in [0, 0.05) is 0 Å². The van der Waals surface area contributed by atoms with E-state index in [9.17, 15) is 9.18 Å². The summed E-state index contributed by atoms with van der Waals surface area (Å²) in [6, 6.07) is 8.70. The summed E-state index contributed by atoms with van der Waals surface area (Å²) in [4.78, 5) is 11.4. The first kappa shape index (κ1) is 17.8. The quantitative estimate of drug-likeness (QED) is 0.394. The van der Waals surface area contributed by atoms with Crippen LogP contribution in [0, 0.1) is 0 Å². The molecule has 0 saturated carbocycles. The van der Waals surface area contributed by atoms with E-state index in [4.69, 9.17) is 9.16 Å². The van der Waals surface area contributed by atoms with Gasteiger partial charge >= 0.3 is 5.97 Å². The van der Waals surface area contributed by atoms with Crippen molar-refractivity contribution < 1.29 is 18.3 Å². The predicted molar refractivity (Wildman–Crippen MR) is 84.4 cm³/mol. The van der Waals surface area contributed by atoms with Crippen LogP contribution in [0.15, 0.2) is 24.3 Å². The van der Waals surface area contributed by atoms with Gasteiger partial charge in [0.2, 0.25) is 0 Å². The zero-order chi connectivity index (χ0) is 15.7. The second-order valence-electron chi connectivity index (χ2n) is 5.72. The normalized spacial score (nSPS) is 11.4. The van der Waals surface area contributed by atoms with Crippen molar-refractivity contribution in [3.63, 3.8) is 0 Å². The number of benzene rings is 1. The van der Waals surface area contributed by atoms with Gasteiger partial charge in [-0.05, 0) is 36.7 Å². The van der Waals surface area contributed by atoms with Gasteiger partial charge in [0.15, 0.2) is 8.32 Å². The van der Waals surface area contributed by atoms with Gasteiger partial charge in [-0.1, -0.05) is 30.7 Å². The Morgan fingerprint density at radius 1 is 1.19 bits per heavy atom. The van der Waals surface area contributed by atoms with Gasteiger partial charge in [0.1, 0.15) is 0 Å². The van der Waals surface area contributed by atoms with Crippen LogP contribution in [0.1, 0.15) is 24.0 Å². The number of ether oxygens (including phenoxy) is 1. The smallest absolute Gasteiger partial charge is 0.309 e. The molecule has 0 aliphatic rings. The first-order valence-corrected chi connectivity index (χ1v) is 10.4. The van der Waals surface area contributed by atoms with E-state index in [0.29, 0.717) is 13.0 Å². The Morgan fingerprint density at radius 3 is 2.48 bits per heavy atom. The molecule has 0 amide bonds. The number of unbranched alkanes of at least 4 members (excludes halogenated alkanes) is 1. The molecule has 0 heterocycles. The third-order valence-corrected chi connectivity index (χ3v) is 5.95. The largest absolute Gasteiger partial charge is 0.469 e. The number of hydrogen-bond acceptors (Lipinski definition) is 3. The van der Waals surface area contributed by atoms with Crippen LogP contribution in [0.3, 0.4) is 0 Å². The second-order valence-corrected chi connectivity index (χ2v) is 10.0. The fourth-order valence-electron chi connectivity index (χ4n) is 2.09. The number of hydrogen-bond donors (Lipinski definition) is 0. The van der Waals surface area contributed by atoms with Crippen molar-refractivity contribution in [1.82, 2.24) is 0 Å². The Morgan fingerprint density at radius 2 is 1.86 bits per heavy atom. The summed E-state index contributed by atoms with van der Waals surface area (Å²) in [5.74, 6) is -0.248. The maximum Gasteiger partial charge on any atom is 0.309 e. The van der Waals surface area contributed by atoms with E-state index in [1.807, 2.05) is 24.3 Å². The lowest BCUT2D eigenvalue weighted by Crippen LogP contribution is -2.30. The fourth-order valence-corrected chi connectivity index (χ4v) is 3.88. The van der Waals surface area contributed by atoms with Crippen LogP contribution < -0.4 is 0 Å². The lowest BCUT2D eigenvalue weighted by molar-refractivity contribution is -0.139. The number of methoxy groups -OCH3 is 1. The number of halogens is 1. The molecule has 0 saturated heterocycles. The Labute approximate surface area is 127 Å². The minimum atomic E-state index is -1.78. The summed E-state index contributed by atoms with van der Waals surface area (Å²) in [5.41, 5.74) is 1.96. The molecular formula is C16H25FO3Si. The van der Waals surface area contributed by atoms with E-state index in [1.54, 1.807) is 0 Å². The monoisotopic (exact) mass is 312 g/mol. The Kier molecular flexibility index (Phi) is 7.60. The molecule has 0 atom stereocenters. The number of carbonyl (C=O) groups is 1. The molecule has 118 valence electrons. The average Bonchev–Trinajstić information content (AvgIpc) is 2.46. The molecule has 0 fully saturated rings. The number of esters is 1. The van der Waals surface area contributed by atoms with Crippen LogP contribution in [0.25, 0.3) is 0 Å². The molecule has 21 heavy (non-hydrogen) atoms. The fraction of sp³-hybridized carbons (Fsp3) is 0.562. The van der Waals surface area contributed by atoms with E-state index in [0.717, 1.165) is 23.6 Å². The van der Waals surface area contributed by atoms with E-state index in [-0.39, 0.29) is 19.1 Å². The molecule has 1 aromatic rings. The van der Waals surface area contributed by atoms with Crippen LogP contribution >= 0.6 is 0 Å². The molecule has 3 nitrogen and oxygen atoms in total. The first-order valence-electron chi connectivity index (χ1n) is 7.32. The number of alkyl halides is 1. The zero-order valence-corrected chi connectivity index (χ0v) is 14.2. The molecule has 0 bridgehead atoms. The zero-order valence-electron chi connectivity index (χ0n) is 13.2. The van der Waals surface area contributed by atoms with Gasteiger partial charge < -0.3 is 9.16 Å². The minimum absolute atomic E-state index is 0.248. The van der Waals surface area contributed by atoms with Crippen LogP contribution in [-0.4, -0.2) is 28.1 Å². The Bertz CT molecular complexity index is 449. The van der Waals surface area contributed by atoms with E-state index in [1.165, 1.54) is 7.11 Å². The number of rotatable bonds is 9. The highest BCUT2D eigenvalue weighted by Crippen LogP contribution is 2.19. The molecule has 1 rings (SSSR count). The molecule has 0 spiro atoms. The molecule has 1 aromatic carbocycles. The van der Waals surface area contributed by atoms with Gasteiger partial charge in [-0.25, -0.2) is 0 Å².